The van der Waals surface area contributed by atoms with Gasteiger partial charge in [-0.2, -0.15) is 0 Å². The third-order valence-electron chi connectivity index (χ3n) is 6.62. The number of rotatable bonds is 3. The molecule has 0 aliphatic carbocycles. The predicted molar refractivity (Wildman–Crippen MR) is 145 cm³/mol. The van der Waals surface area contributed by atoms with E-state index in [1.807, 2.05) is 24.8 Å². The maximum Gasteiger partial charge on any atom is 0.336 e. The number of piperazine rings is 1. The fraction of sp³-hybridized carbons (Fsp3) is 0.400. The first-order chi connectivity index (χ1) is 18.4. The number of imide groups is 1. The smallest absolute Gasteiger partial charge is 0.336 e. The number of halogens is 3. The maximum atomic E-state index is 12.3. The van der Waals surface area contributed by atoms with Crippen LogP contribution in [-0.2, 0) is 11.2 Å². The SMILES string of the molecule is CC1(C)Oc2cc3oc(=O)ccc3cc2C[C@@H]1Oc1cc(N2CCN(C(=O)NC(=O)C(Cl)(Cl)Cl)CC2)ncn1. The number of carbonyl (C=O) groups excluding carboxylic acids is 2. The zero-order chi connectivity index (χ0) is 27.9. The molecule has 2 aliphatic rings. The van der Waals surface area contributed by atoms with Crippen LogP contribution in [0.3, 0.4) is 0 Å². The van der Waals surface area contributed by atoms with E-state index in [9.17, 15) is 14.4 Å². The van der Waals surface area contributed by atoms with E-state index in [2.05, 4.69) is 15.3 Å². The zero-order valence-corrected chi connectivity index (χ0v) is 23.2. The number of benzene rings is 1. The van der Waals surface area contributed by atoms with E-state index in [-0.39, 0.29) is 6.10 Å². The molecule has 3 amide bonds. The normalized spacial score (nSPS) is 18.7. The van der Waals surface area contributed by atoms with E-state index < -0.39 is 27.0 Å². The molecule has 1 N–H and O–H groups in total. The van der Waals surface area contributed by atoms with Crippen LogP contribution < -0.4 is 25.3 Å². The van der Waals surface area contributed by atoms with E-state index in [4.69, 9.17) is 48.7 Å². The minimum Gasteiger partial charge on any atom is -0.484 e. The second-order valence-electron chi connectivity index (χ2n) is 9.71. The Balaban J connectivity index is 1.25. The van der Waals surface area contributed by atoms with E-state index in [0.29, 0.717) is 55.6 Å². The lowest BCUT2D eigenvalue weighted by Crippen LogP contribution is -2.54. The van der Waals surface area contributed by atoms with Gasteiger partial charge in [0.25, 0.3) is 9.70 Å². The van der Waals surface area contributed by atoms with Crippen molar-refractivity contribution in [3.63, 3.8) is 0 Å². The van der Waals surface area contributed by atoms with Crippen molar-refractivity contribution in [2.75, 3.05) is 31.1 Å². The highest BCUT2D eigenvalue weighted by Crippen LogP contribution is 2.37. The third-order valence-corrected chi connectivity index (χ3v) is 7.13. The molecule has 1 aromatic carbocycles. The average Bonchev–Trinajstić information content (AvgIpc) is 2.87. The summed E-state index contributed by atoms with van der Waals surface area (Å²) < 4.78 is 15.6. The molecular weight excluding hydrogens is 573 g/mol. The van der Waals surface area contributed by atoms with Crippen molar-refractivity contribution in [1.82, 2.24) is 20.2 Å². The van der Waals surface area contributed by atoms with Crippen molar-refractivity contribution < 1.29 is 23.5 Å². The number of fused-ring (bicyclic) bond motifs is 2. The van der Waals surface area contributed by atoms with Gasteiger partial charge in [-0.1, -0.05) is 34.8 Å². The summed E-state index contributed by atoms with van der Waals surface area (Å²) >= 11 is 16.6. The van der Waals surface area contributed by atoms with Crippen LogP contribution in [0.1, 0.15) is 19.4 Å². The number of amides is 3. The molecule has 1 saturated heterocycles. The molecule has 14 heteroatoms. The Morgan fingerprint density at radius 1 is 1.10 bits per heavy atom. The summed E-state index contributed by atoms with van der Waals surface area (Å²) in [5.41, 5.74) is 0.270. The summed E-state index contributed by atoms with van der Waals surface area (Å²) in [7, 11) is 0. The van der Waals surface area contributed by atoms with Crippen molar-refractivity contribution in [2.45, 2.75) is 35.8 Å². The molecule has 3 aromatic rings. The van der Waals surface area contributed by atoms with Crippen molar-refractivity contribution in [1.29, 1.82) is 0 Å². The van der Waals surface area contributed by atoms with Crippen LogP contribution in [0.4, 0.5) is 10.6 Å². The summed E-state index contributed by atoms with van der Waals surface area (Å²) in [5, 5.41) is 2.88. The number of nitrogens with one attached hydrogen (secondary N) is 1. The number of alkyl halides is 3. The molecule has 1 fully saturated rings. The molecule has 39 heavy (non-hydrogen) atoms. The number of carbonyl (C=O) groups is 2. The van der Waals surface area contributed by atoms with Gasteiger partial charge in [-0.3, -0.25) is 10.1 Å². The van der Waals surface area contributed by atoms with Crippen molar-refractivity contribution in [3.8, 4) is 11.6 Å². The fourth-order valence-corrected chi connectivity index (χ4v) is 4.62. The molecule has 0 saturated carbocycles. The Labute approximate surface area is 237 Å². The van der Waals surface area contributed by atoms with Gasteiger partial charge in [0.2, 0.25) is 5.88 Å². The predicted octanol–water partition coefficient (Wildman–Crippen LogP) is 3.47. The van der Waals surface area contributed by atoms with Crippen LogP contribution >= 0.6 is 34.8 Å². The molecule has 1 atom stereocenters. The lowest BCUT2D eigenvalue weighted by molar-refractivity contribution is -0.119. The second kappa shape index (κ2) is 10.4. The Bertz CT molecular complexity index is 1480. The van der Waals surface area contributed by atoms with Crippen LogP contribution in [0.2, 0.25) is 0 Å². The molecule has 4 heterocycles. The van der Waals surface area contributed by atoms with Gasteiger partial charge < -0.3 is 23.7 Å². The molecule has 5 rings (SSSR count). The largest absolute Gasteiger partial charge is 0.484 e. The number of nitrogens with zero attached hydrogens (tertiary/aromatic N) is 4. The Morgan fingerprint density at radius 2 is 1.85 bits per heavy atom. The summed E-state index contributed by atoms with van der Waals surface area (Å²) in [5.74, 6) is 0.649. The summed E-state index contributed by atoms with van der Waals surface area (Å²) in [6.45, 7) is 5.42. The van der Waals surface area contributed by atoms with E-state index in [0.717, 1.165) is 10.9 Å². The highest BCUT2D eigenvalue weighted by atomic mass is 35.6. The Morgan fingerprint density at radius 3 is 2.56 bits per heavy atom. The monoisotopic (exact) mass is 595 g/mol. The summed E-state index contributed by atoms with van der Waals surface area (Å²) in [6, 6.07) is 7.88. The lowest BCUT2D eigenvalue weighted by Gasteiger charge is -2.39. The Kier molecular flexibility index (Phi) is 7.25. The second-order valence-corrected chi connectivity index (χ2v) is 12.0. The molecule has 0 unspecified atom stereocenters. The minimum absolute atomic E-state index is 0.327. The van der Waals surface area contributed by atoms with Crippen molar-refractivity contribution >= 4 is 63.5 Å². The van der Waals surface area contributed by atoms with Crippen LogP contribution in [-0.4, -0.2) is 68.5 Å². The molecular formula is C25H24Cl3N5O6. The number of ether oxygens (including phenoxy) is 2. The lowest BCUT2D eigenvalue weighted by atomic mass is 9.90. The van der Waals surface area contributed by atoms with Gasteiger partial charge in [-0.15, -0.1) is 0 Å². The third kappa shape index (κ3) is 6.00. The molecule has 2 aromatic heterocycles. The first kappa shape index (κ1) is 27.3. The molecule has 0 bridgehead atoms. The summed E-state index contributed by atoms with van der Waals surface area (Å²) in [4.78, 5) is 47.8. The Hall–Kier alpha value is -3.28. The van der Waals surface area contributed by atoms with E-state index in [1.165, 1.54) is 17.3 Å². The number of hydrogen-bond donors (Lipinski definition) is 1. The number of urea groups is 1. The average molecular weight is 597 g/mol. The standard InChI is InChI=1S/C25H24Cl3N5O6/c1-24(2)18(10-15-9-14-3-4-21(34)37-16(14)11-17(15)39-24)38-20-12-19(29-13-30-20)32-5-7-33(8-6-32)23(36)31-22(35)25(26,27)28/h3-4,9,11-13,18H,5-8,10H2,1-2H3,(H,31,35,36)/t18-/m0/s1. The van der Waals surface area contributed by atoms with Gasteiger partial charge in [-0.25, -0.2) is 19.6 Å². The first-order valence-corrected chi connectivity index (χ1v) is 13.2. The quantitative estimate of drug-likeness (QED) is 0.357. The topological polar surface area (TPSA) is 127 Å². The number of aromatic nitrogens is 2. The van der Waals surface area contributed by atoms with Gasteiger partial charge in [-0.05, 0) is 31.5 Å². The van der Waals surface area contributed by atoms with Crippen LogP contribution in [0.25, 0.3) is 11.0 Å². The zero-order valence-electron chi connectivity index (χ0n) is 20.9. The van der Waals surface area contributed by atoms with Crippen LogP contribution in [0.15, 0.2) is 45.9 Å². The van der Waals surface area contributed by atoms with Gasteiger partial charge in [0.1, 0.15) is 35.2 Å². The van der Waals surface area contributed by atoms with Crippen molar-refractivity contribution in [2.24, 2.45) is 0 Å². The molecule has 206 valence electrons. The first-order valence-electron chi connectivity index (χ1n) is 12.1. The van der Waals surface area contributed by atoms with Gasteiger partial charge >= 0.3 is 11.7 Å². The van der Waals surface area contributed by atoms with E-state index >= 15 is 0 Å². The van der Waals surface area contributed by atoms with E-state index in [1.54, 1.807) is 18.2 Å². The highest BCUT2D eigenvalue weighted by molar-refractivity contribution is 6.76. The fourth-order valence-electron chi connectivity index (χ4n) is 4.48. The highest BCUT2D eigenvalue weighted by Gasteiger charge is 2.39. The summed E-state index contributed by atoms with van der Waals surface area (Å²) in [6.07, 6.45) is 1.61. The van der Waals surface area contributed by atoms with Gasteiger partial charge in [0.15, 0.2) is 0 Å². The minimum atomic E-state index is -2.22. The molecule has 0 spiro atoms. The van der Waals surface area contributed by atoms with Gasteiger partial charge in [0, 0.05) is 56.2 Å². The van der Waals surface area contributed by atoms with Crippen LogP contribution in [0, 0.1) is 0 Å². The molecule has 2 aliphatic heterocycles. The van der Waals surface area contributed by atoms with Crippen LogP contribution in [0.5, 0.6) is 11.6 Å². The molecule has 11 nitrogen and oxygen atoms in total. The maximum absolute atomic E-state index is 12.3. The molecule has 0 radical (unpaired) electrons. The van der Waals surface area contributed by atoms with Crippen molar-refractivity contribution in [3.05, 3.63) is 52.6 Å². The van der Waals surface area contributed by atoms with Gasteiger partial charge in [0.05, 0.1) is 0 Å². The number of anilines is 1. The number of hydrogen-bond acceptors (Lipinski definition) is 9.